The van der Waals surface area contributed by atoms with Gasteiger partial charge in [0.15, 0.2) is 0 Å². The van der Waals surface area contributed by atoms with E-state index in [0.29, 0.717) is 0 Å². The van der Waals surface area contributed by atoms with Crippen molar-refractivity contribution in [2.75, 3.05) is 0 Å². The topological polar surface area (TPSA) is 0 Å². The third kappa shape index (κ3) is 4.30. The van der Waals surface area contributed by atoms with E-state index in [1.807, 2.05) is 0 Å². The molecule has 9 aromatic carbocycles. The summed E-state index contributed by atoms with van der Waals surface area (Å²) in [7, 11) is 0. The summed E-state index contributed by atoms with van der Waals surface area (Å²) >= 11 is 0. The van der Waals surface area contributed by atoms with Gasteiger partial charge in [-0.25, -0.2) is 0 Å². The Morgan fingerprint density at radius 2 is 0.804 bits per heavy atom. The highest BCUT2D eigenvalue weighted by Crippen LogP contribution is 2.47. The smallest absolute Gasteiger partial charge is 0.0622 e. The number of hydrogen-bond donors (Lipinski definition) is 0. The fraction of sp³-hybridized carbons (Fsp3) is 0. The van der Waals surface area contributed by atoms with Gasteiger partial charge in [0, 0.05) is 0 Å². The number of fused-ring (bicyclic) bond motifs is 4. The zero-order valence-corrected chi connectivity index (χ0v) is 23.0. The van der Waals surface area contributed by atoms with Gasteiger partial charge in [-0.1, -0.05) is 163 Å². The van der Waals surface area contributed by atoms with E-state index < -0.39 is 269 Å². The largest absolute Gasteiger partial charge is 0.0636 e. The van der Waals surface area contributed by atoms with Gasteiger partial charge in [0.2, 0.25) is 0 Å². The molecule has 46 heavy (non-hydrogen) atoms. The second kappa shape index (κ2) is 10.9. The van der Waals surface area contributed by atoms with E-state index in [9.17, 15) is 15.1 Å². The Morgan fingerprint density at radius 1 is 0.261 bits per heavy atom. The summed E-state index contributed by atoms with van der Waals surface area (Å²) in [5, 5.41) is -6.57. The molecule has 0 saturated carbocycles. The van der Waals surface area contributed by atoms with Crippen LogP contribution in [0.2, 0.25) is 0 Å². The molecule has 0 heterocycles. The minimum absolute atomic E-state index is 0.679. The van der Waals surface area contributed by atoms with E-state index in [4.69, 9.17) is 26.0 Å². The Kier molecular flexibility index (Phi) is 2.37. The molecule has 0 fully saturated rings. The van der Waals surface area contributed by atoms with Crippen LogP contribution in [0.25, 0.3) is 87.6 Å². The van der Waals surface area contributed by atoms with Gasteiger partial charge in [0.25, 0.3) is 0 Å². The van der Waals surface area contributed by atoms with Crippen LogP contribution in [0, 0.1) is 0 Å². The fourth-order valence-electron chi connectivity index (χ4n) is 5.34. The molecule has 0 bridgehead atoms. The second-order valence-electron chi connectivity index (χ2n) is 9.75. The molecular weight excluding hydrogens is 553 g/mol. The van der Waals surface area contributed by atoms with Gasteiger partial charge >= 0.3 is 0 Å². The van der Waals surface area contributed by atoms with Crippen molar-refractivity contribution in [3.63, 3.8) is 0 Å². The SMILES string of the molecule is [2H]c1c([2H])c([2H])c(-c2c([2H])c(-c3c4c([2H])c([2H])c([2H])c([2H])c4c(-c4c([2H])c([2H])c([2H])c([2H])c4[2H])c4c([2H])c(-c5c([2H])c([2H])c([2H])c6c([2H])c([2H])c([2H])c([2H])c56)c([2H])c([2H])c34)c3c([2H])c([2H])c([2H])c([2H])c3c2[2H])c([2H])c1[2H]. The van der Waals surface area contributed by atoms with Gasteiger partial charge in [0.1, 0.15) is 0 Å². The predicted molar refractivity (Wildman–Crippen MR) is 198 cm³/mol. The Bertz CT molecular complexity index is 4210. The summed E-state index contributed by atoms with van der Waals surface area (Å²) in [6.07, 6.45) is 0. The van der Waals surface area contributed by atoms with Crippen LogP contribution >= 0.6 is 0 Å². The van der Waals surface area contributed by atoms with Gasteiger partial charge in [0.05, 0.1) is 41.1 Å². The summed E-state index contributed by atoms with van der Waals surface area (Å²) in [6, 6.07) is -30.9. The lowest BCUT2D eigenvalue weighted by molar-refractivity contribution is 1.63. The van der Waals surface area contributed by atoms with Crippen molar-refractivity contribution in [1.29, 1.82) is 0 Å². The Morgan fingerprint density at radius 3 is 1.54 bits per heavy atom. The lowest BCUT2D eigenvalue weighted by atomic mass is 9.83. The molecular formula is C46H30. The highest BCUT2D eigenvalue weighted by atomic mass is 14.2. The molecule has 9 aromatic rings. The molecule has 0 amide bonds. The molecule has 0 saturated heterocycles. The average molecular weight is 613 g/mol. The molecule has 0 N–H and O–H groups in total. The molecule has 0 spiro atoms. The third-order valence-corrected chi connectivity index (χ3v) is 7.25. The maximum absolute atomic E-state index is 10.2. The van der Waals surface area contributed by atoms with E-state index >= 15 is 0 Å². The zero-order chi connectivity index (χ0) is 56.6. The van der Waals surface area contributed by atoms with Crippen molar-refractivity contribution >= 4 is 43.1 Å². The van der Waals surface area contributed by atoms with Crippen LogP contribution in [0.1, 0.15) is 41.1 Å². The molecule has 0 radical (unpaired) electrons. The van der Waals surface area contributed by atoms with E-state index in [1.54, 1.807) is 0 Å². The van der Waals surface area contributed by atoms with Crippen molar-refractivity contribution in [2.24, 2.45) is 0 Å². The standard InChI is InChI=1S/C46H30/c1-3-14-31(15-4-1)36-28-34-19-8-10-22-39(34)43(30-36)46-41-24-12-11-23-40(41)45(33-17-5-2-6-18-33)44-29-35(26-27-42(44)46)38-25-13-20-32-16-7-9-21-37(32)38/h1-30H/i1D,2D,3D,4D,5D,6D,7D,8D,9D,10D,11D,12D,13D,14D,15D,16D,17D,18D,19D,20D,21D,22D,23D,24D,25D,26D,27D,28D,29D,30D. The summed E-state index contributed by atoms with van der Waals surface area (Å²) in [6.45, 7) is 0. The second-order valence-corrected chi connectivity index (χ2v) is 9.75. The van der Waals surface area contributed by atoms with Gasteiger partial charge in [-0.15, -0.1) is 0 Å². The molecule has 0 aromatic heterocycles. The first-order valence-electron chi connectivity index (χ1n) is 28.5. The molecule has 0 atom stereocenters. The van der Waals surface area contributed by atoms with Crippen molar-refractivity contribution in [3.8, 4) is 44.5 Å². The van der Waals surface area contributed by atoms with Crippen molar-refractivity contribution < 1.29 is 41.1 Å². The minimum Gasteiger partial charge on any atom is -0.0622 e. The molecule has 0 unspecified atom stereocenters. The molecule has 0 aliphatic carbocycles. The van der Waals surface area contributed by atoms with Crippen LogP contribution in [0.4, 0.5) is 0 Å². The van der Waals surface area contributed by atoms with Crippen LogP contribution in [-0.4, -0.2) is 0 Å². The molecule has 214 valence electrons. The quantitative estimate of drug-likeness (QED) is 0.173. The van der Waals surface area contributed by atoms with Gasteiger partial charge in [-0.2, -0.15) is 0 Å². The summed E-state index contributed by atoms with van der Waals surface area (Å²) < 4.78 is 271. The summed E-state index contributed by atoms with van der Waals surface area (Å²) in [5.74, 6) is 0. The third-order valence-electron chi connectivity index (χ3n) is 7.25. The van der Waals surface area contributed by atoms with Crippen LogP contribution in [0.3, 0.4) is 0 Å². The molecule has 9 rings (SSSR count). The van der Waals surface area contributed by atoms with E-state index in [-0.39, 0.29) is 0 Å². The lowest BCUT2D eigenvalue weighted by Crippen LogP contribution is -1.93. The molecule has 0 aliphatic heterocycles. The molecule has 0 heteroatoms. The summed E-state index contributed by atoms with van der Waals surface area (Å²) in [4.78, 5) is 0. The van der Waals surface area contributed by atoms with E-state index in [1.165, 1.54) is 0 Å². The van der Waals surface area contributed by atoms with Crippen LogP contribution in [-0.2, 0) is 0 Å². The Labute approximate surface area is 311 Å². The monoisotopic (exact) mass is 612 g/mol. The maximum atomic E-state index is 10.2. The van der Waals surface area contributed by atoms with Crippen molar-refractivity contribution in [1.82, 2.24) is 0 Å². The maximum Gasteiger partial charge on any atom is 0.0636 e. The van der Waals surface area contributed by atoms with Crippen molar-refractivity contribution in [2.45, 2.75) is 0 Å². The van der Waals surface area contributed by atoms with Crippen LogP contribution in [0.15, 0.2) is 181 Å². The number of benzene rings is 9. The van der Waals surface area contributed by atoms with Crippen LogP contribution in [0.5, 0.6) is 0 Å². The number of rotatable bonds is 4. The normalized spacial score (nSPS) is 20.6. The van der Waals surface area contributed by atoms with E-state index in [0.717, 1.165) is 0 Å². The first-order chi connectivity index (χ1) is 35.3. The molecule has 0 nitrogen and oxygen atoms in total. The average Bonchev–Trinajstić information content (AvgIpc) is 3.40. The molecule has 0 aliphatic rings. The first kappa shape index (κ1) is 10.0. The Balaban J connectivity index is 1.75. The van der Waals surface area contributed by atoms with E-state index in [2.05, 4.69) is 0 Å². The van der Waals surface area contributed by atoms with Gasteiger partial charge in [-0.05, 0) is 106 Å². The highest BCUT2D eigenvalue weighted by molar-refractivity contribution is 6.24. The number of hydrogen-bond acceptors (Lipinski definition) is 0. The van der Waals surface area contributed by atoms with Crippen molar-refractivity contribution in [3.05, 3.63) is 181 Å². The lowest BCUT2D eigenvalue weighted by Gasteiger charge is -2.20. The summed E-state index contributed by atoms with van der Waals surface area (Å²) in [5.41, 5.74) is -7.14. The fourth-order valence-corrected chi connectivity index (χ4v) is 5.34. The van der Waals surface area contributed by atoms with Crippen LogP contribution < -0.4 is 0 Å². The minimum atomic E-state index is -1.19. The zero-order valence-electron chi connectivity index (χ0n) is 53.0. The predicted octanol–water partition coefficient (Wildman–Crippen LogP) is 13.0. The van der Waals surface area contributed by atoms with Gasteiger partial charge in [-0.3, -0.25) is 0 Å². The Hall–Kier alpha value is -5.98. The first-order valence-corrected chi connectivity index (χ1v) is 13.5. The van der Waals surface area contributed by atoms with Gasteiger partial charge < -0.3 is 0 Å². The highest BCUT2D eigenvalue weighted by Gasteiger charge is 2.20.